The fourth-order valence-electron chi connectivity index (χ4n) is 3.95. The molecule has 3 heterocycles. The summed E-state index contributed by atoms with van der Waals surface area (Å²) in [6.45, 7) is 3.13. The average Bonchev–Trinajstić information content (AvgIpc) is 2.65. The highest BCUT2D eigenvalue weighted by Gasteiger charge is 2.37. The molecule has 0 aliphatic carbocycles. The van der Waals surface area contributed by atoms with Gasteiger partial charge in [-0.15, -0.1) is 0 Å². The predicted molar refractivity (Wildman–Crippen MR) is 95.5 cm³/mol. The van der Waals surface area contributed by atoms with Crippen molar-refractivity contribution in [3.8, 4) is 0 Å². The average molecular weight is 358 g/mol. The van der Waals surface area contributed by atoms with Crippen LogP contribution in [0.3, 0.4) is 0 Å². The van der Waals surface area contributed by atoms with Gasteiger partial charge in [0.25, 0.3) is 0 Å². The predicted octanol–water partition coefficient (Wildman–Crippen LogP) is 1.91. The zero-order valence-corrected chi connectivity index (χ0v) is 14.7. The van der Waals surface area contributed by atoms with Crippen LogP contribution in [0.2, 0.25) is 0 Å². The van der Waals surface area contributed by atoms with Crippen LogP contribution in [0.4, 0.5) is 10.1 Å². The normalized spacial score (nSPS) is 24.1. The second kappa shape index (κ2) is 7.15. The minimum Gasteiger partial charge on any atom is -0.346 e. The minimum absolute atomic E-state index is 0.0211. The molecule has 1 aromatic rings. The number of benzene rings is 1. The van der Waals surface area contributed by atoms with Gasteiger partial charge in [-0.1, -0.05) is 12.5 Å². The maximum Gasteiger partial charge on any atom is 0.247 e. The van der Waals surface area contributed by atoms with Crippen molar-refractivity contribution in [2.24, 2.45) is 4.99 Å². The van der Waals surface area contributed by atoms with Crippen molar-refractivity contribution in [1.82, 2.24) is 14.7 Å². The Balaban J connectivity index is 1.48. The fourth-order valence-corrected chi connectivity index (χ4v) is 3.95. The van der Waals surface area contributed by atoms with E-state index in [-0.39, 0.29) is 30.5 Å². The first-order chi connectivity index (χ1) is 12.6. The first-order valence-corrected chi connectivity index (χ1v) is 9.21. The third kappa shape index (κ3) is 3.49. The number of Topliss-reactive ketones (excluding diaryl/α,β-unsaturated/α-hetero) is 1. The van der Waals surface area contributed by atoms with Crippen LogP contribution in [0, 0.1) is 5.82 Å². The van der Waals surface area contributed by atoms with Crippen LogP contribution in [0.25, 0.3) is 0 Å². The highest BCUT2D eigenvalue weighted by Crippen LogP contribution is 2.28. The lowest BCUT2D eigenvalue weighted by molar-refractivity contribution is -0.147. The molecule has 1 atom stereocenters. The number of aliphatic imine (C=N–C) groups is 1. The Labute approximate surface area is 152 Å². The molecule has 0 bridgehead atoms. The summed E-state index contributed by atoms with van der Waals surface area (Å²) in [5, 5.41) is 0. The largest absolute Gasteiger partial charge is 0.346 e. The number of fused-ring (bicyclic) bond motifs is 1. The van der Waals surface area contributed by atoms with Crippen molar-refractivity contribution >= 4 is 23.7 Å². The summed E-state index contributed by atoms with van der Waals surface area (Å²) in [7, 11) is 0. The number of rotatable bonds is 3. The lowest BCUT2D eigenvalue weighted by Gasteiger charge is -2.40. The van der Waals surface area contributed by atoms with Crippen LogP contribution < -0.4 is 0 Å². The molecule has 2 saturated heterocycles. The molecule has 1 unspecified atom stereocenters. The molecule has 2 fully saturated rings. The quantitative estimate of drug-likeness (QED) is 0.828. The van der Waals surface area contributed by atoms with E-state index in [0.717, 1.165) is 31.5 Å². The van der Waals surface area contributed by atoms with Gasteiger partial charge in [-0.2, -0.15) is 0 Å². The second-order valence-electron chi connectivity index (χ2n) is 7.30. The van der Waals surface area contributed by atoms with Gasteiger partial charge in [-0.05, 0) is 43.6 Å². The molecule has 3 aliphatic rings. The summed E-state index contributed by atoms with van der Waals surface area (Å²) in [4.78, 5) is 35.3. The zero-order chi connectivity index (χ0) is 18.1. The molecule has 4 rings (SSSR count). The Kier molecular flexibility index (Phi) is 4.72. The van der Waals surface area contributed by atoms with Crippen LogP contribution >= 0.6 is 0 Å². The van der Waals surface area contributed by atoms with Gasteiger partial charge in [0.1, 0.15) is 11.9 Å². The van der Waals surface area contributed by atoms with E-state index < -0.39 is 6.04 Å². The molecule has 0 saturated carbocycles. The molecular formula is C19H23FN4O2. The molecule has 0 radical (unpaired) electrons. The number of carbonyl (C=O) groups excluding carboxylic acids is 2. The fraction of sp³-hybridized carbons (Fsp3) is 0.526. The SMILES string of the molecule is O=C1CC(N2C=Nc3cc(F)ccc3C2)C(=O)N(CN2CCCCC2)C1. The van der Waals surface area contributed by atoms with Crippen molar-refractivity contribution in [3.05, 3.63) is 29.6 Å². The molecule has 1 aromatic carbocycles. The minimum atomic E-state index is -0.525. The van der Waals surface area contributed by atoms with E-state index >= 15 is 0 Å². The molecular weight excluding hydrogens is 335 g/mol. The number of piperidine rings is 2. The van der Waals surface area contributed by atoms with Crippen LogP contribution in [0.5, 0.6) is 0 Å². The summed E-state index contributed by atoms with van der Waals surface area (Å²) in [5.74, 6) is -0.275. The van der Waals surface area contributed by atoms with Gasteiger partial charge in [0.2, 0.25) is 5.91 Å². The summed E-state index contributed by atoms with van der Waals surface area (Å²) in [5.41, 5.74) is 1.45. The molecule has 3 aliphatic heterocycles. The number of nitrogens with zero attached hydrogens (tertiary/aromatic N) is 4. The molecule has 7 heteroatoms. The molecule has 0 aromatic heterocycles. The number of amides is 1. The Hall–Kier alpha value is -2.28. The second-order valence-corrected chi connectivity index (χ2v) is 7.30. The lowest BCUT2D eigenvalue weighted by Crippen LogP contribution is -2.57. The van der Waals surface area contributed by atoms with Crippen LogP contribution in [-0.4, -0.2) is 65.1 Å². The van der Waals surface area contributed by atoms with E-state index in [1.54, 1.807) is 17.3 Å². The Morgan fingerprint density at radius 1 is 1.12 bits per heavy atom. The molecule has 1 amide bonds. The van der Waals surface area contributed by atoms with E-state index in [2.05, 4.69) is 9.89 Å². The van der Waals surface area contributed by atoms with E-state index in [4.69, 9.17) is 0 Å². The van der Waals surface area contributed by atoms with Crippen LogP contribution in [0.15, 0.2) is 23.2 Å². The zero-order valence-electron chi connectivity index (χ0n) is 14.7. The van der Waals surface area contributed by atoms with E-state index in [9.17, 15) is 14.0 Å². The Morgan fingerprint density at radius 3 is 2.73 bits per heavy atom. The summed E-state index contributed by atoms with van der Waals surface area (Å²) in [6, 6.07) is 3.95. The van der Waals surface area contributed by atoms with Gasteiger partial charge in [0.05, 0.1) is 25.2 Å². The standard InChI is InChI=1S/C19H23FN4O2/c20-15-5-4-14-10-23(12-21-17(14)8-15)18-9-16(25)11-24(19(18)26)13-22-6-2-1-3-7-22/h4-5,8,12,18H,1-3,6-7,9-11,13H2. The summed E-state index contributed by atoms with van der Waals surface area (Å²) >= 11 is 0. The van der Waals surface area contributed by atoms with E-state index in [1.165, 1.54) is 18.6 Å². The number of hydrogen-bond acceptors (Lipinski definition) is 5. The van der Waals surface area contributed by atoms with Crippen molar-refractivity contribution in [1.29, 1.82) is 0 Å². The van der Waals surface area contributed by atoms with Gasteiger partial charge >= 0.3 is 0 Å². The summed E-state index contributed by atoms with van der Waals surface area (Å²) < 4.78 is 13.3. The van der Waals surface area contributed by atoms with Gasteiger partial charge in [0.15, 0.2) is 5.78 Å². The molecule has 0 N–H and O–H groups in total. The first kappa shape index (κ1) is 17.1. The van der Waals surface area contributed by atoms with Crippen molar-refractivity contribution < 1.29 is 14.0 Å². The molecule has 138 valence electrons. The van der Waals surface area contributed by atoms with Gasteiger partial charge < -0.3 is 9.80 Å². The smallest absolute Gasteiger partial charge is 0.247 e. The molecule has 0 spiro atoms. The summed E-state index contributed by atoms with van der Waals surface area (Å²) in [6.07, 6.45) is 5.30. The van der Waals surface area contributed by atoms with Gasteiger partial charge in [-0.25, -0.2) is 9.38 Å². The van der Waals surface area contributed by atoms with Crippen molar-refractivity contribution in [2.45, 2.75) is 38.3 Å². The van der Waals surface area contributed by atoms with E-state index in [0.29, 0.717) is 18.9 Å². The van der Waals surface area contributed by atoms with Crippen LogP contribution in [-0.2, 0) is 16.1 Å². The highest BCUT2D eigenvalue weighted by molar-refractivity contribution is 5.97. The van der Waals surface area contributed by atoms with E-state index in [1.807, 2.05) is 4.90 Å². The molecule has 26 heavy (non-hydrogen) atoms. The topological polar surface area (TPSA) is 56.2 Å². The number of ketones is 1. The van der Waals surface area contributed by atoms with Crippen molar-refractivity contribution in [3.63, 3.8) is 0 Å². The number of likely N-dealkylation sites (tertiary alicyclic amines) is 2. The lowest BCUT2D eigenvalue weighted by atomic mass is 10.0. The third-order valence-electron chi connectivity index (χ3n) is 5.35. The molecule has 6 nitrogen and oxygen atoms in total. The third-order valence-corrected chi connectivity index (χ3v) is 5.35. The maximum absolute atomic E-state index is 13.3. The monoisotopic (exact) mass is 358 g/mol. The number of halogens is 1. The maximum atomic E-state index is 13.3. The number of hydrogen-bond donors (Lipinski definition) is 0. The number of carbonyl (C=O) groups is 2. The Bertz CT molecular complexity index is 745. The van der Waals surface area contributed by atoms with Crippen LogP contribution in [0.1, 0.15) is 31.2 Å². The Morgan fingerprint density at radius 2 is 1.92 bits per heavy atom. The van der Waals surface area contributed by atoms with Gasteiger partial charge in [0, 0.05) is 13.0 Å². The van der Waals surface area contributed by atoms with Crippen molar-refractivity contribution in [2.75, 3.05) is 26.3 Å². The van der Waals surface area contributed by atoms with Gasteiger partial charge in [-0.3, -0.25) is 14.5 Å². The first-order valence-electron chi connectivity index (χ1n) is 9.21. The highest BCUT2D eigenvalue weighted by atomic mass is 19.1.